The van der Waals surface area contributed by atoms with E-state index in [1.165, 1.54) is 25.1 Å². The molecule has 0 atom stereocenters. The number of rotatable bonds is 1. The summed E-state index contributed by atoms with van der Waals surface area (Å²) >= 11 is 0. The van der Waals surface area contributed by atoms with Crippen LogP contribution in [0.5, 0.6) is 5.75 Å². The van der Waals surface area contributed by atoms with Crippen LogP contribution in [0.15, 0.2) is 52.7 Å². The second-order valence-electron chi connectivity index (χ2n) is 5.06. The van der Waals surface area contributed by atoms with Crippen molar-refractivity contribution in [2.75, 3.05) is 0 Å². The molecule has 0 saturated heterocycles. The second kappa shape index (κ2) is 5.96. The summed E-state index contributed by atoms with van der Waals surface area (Å²) in [7, 11) is 0. The van der Waals surface area contributed by atoms with Crippen LogP contribution in [0.3, 0.4) is 0 Å². The Balaban J connectivity index is 1.94. The van der Waals surface area contributed by atoms with E-state index in [1.54, 1.807) is 24.3 Å². The number of benzene rings is 2. The number of amides is 1. The van der Waals surface area contributed by atoms with Gasteiger partial charge in [0, 0.05) is 22.3 Å². The number of hydrogen-bond acceptors (Lipinski definition) is 5. The Morgan fingerprint density at radius 2 is 1.50 bits per heavy atom. The summed E-state index contributed by atoms with van der Waals surface area (Å²) in [6.45, 7) is 1.36. The molecule has 2 aromatic carbocycles. The van der Waals surface area contributed by atoms with Crippen LogP contribution in [-0.2, 0) is 0 Å². The number of fused-ring (bicyclic) bond motifs is 2. The number of ether oxygens (including phenoxy) is 1. The summed E-state index contributed by atoms with van der Waals surface area (Å²) in [5.74, 6) is -0.636. The van der Waals surface area contributed by atoms with E-state index in [0.717, 1.165) is 0 Å². The molecule has 0 aliphatic heterocycles. The maximum Gasteiger partial charge on any atom is 0.457 e. The average Bonchev–Trinajstić information content (AvgIpc) is 2.58. The number of nitrogens with zero attached hydrogens (tertiary/aromatic N) is 2. The predicted molar refractivity (Wildman–Crippen MR) is 84.0 cm³/mol. The summed E-state index contributed by atoms with van der Waals surface area (Å²) < 4.78 is 4.94. The molecule has 1 amide bonds. The first-order chi connectivity index (χ1) is 11.5. The largest absolute Gasteiger partial charge is 0.457 e. The molecule has 0 radical (unpaired) electrons. The lowest BCUT2D eigenvalue weighted by Gasteiger charge is -2.17. The highest BCUT2D eigenvalue weighted by Crippen LogP contribution is 2.29. The summed E-state index contributed by atoms with van der Waals surface area (Å²) in [6.07, 6.45) is -1.02. The number of nitrogens with one attached hydrogen (secondary N) is 1. The van der Waals surface area contributed by atoms with Gasteiger partial charge in [0.25, 0.3) is 0 Å². The van der Waals surface area contributed by atoms with Crippen LogP contribution in [0.2, 0.25) is 0 Å². The molecule has 0 heterocycles. The Morgan fingerprint density at radius 3 is 2.12 bits per heavy atom. The highest BCUT2D eigenvalue weighted by molar-refractivity contribution is 6.28. The molecule has 0 unspecified atom stereocenters. The first-order valence-electron chi connectivity index (χ1n) is 6.98. The van der Waals surface area contributed by atoms with Crippen molar-refractivity contribution in [1.82, 2.24) is 0 Å². The smallest absolute Gasteiger partial charge is 0.408 e. The van der Waals surface area contributed by atoms with Crippen molar-refractivity contribution >= 4 is 23.5 Å². The first kappa shape index (κ1) is 15.4. The van der Waals surface area contributed by atoms with Crippen LogP contribution in [-0.4, -0.2) is 23.5 Å². The van der Waals surface area contributed by atoms with Crippen LogP contribution in [0.1, 0.15) is 38.8 Å². The lowest BCUT2D eigenvalue weighted by molar-refractivity contribution is 0.0979. The van der Waals surface area contributed by atoms with E-state index in [0.29, 0.717) is 11.1 Å². The lowest BCUT2D eigenvalue weighted by Crippen LogP contribution is -2.20. The fourth-order valence-electron chi connectivity index (χ4n) is 2.38. The number of carbonyl (C=O) groups excluding carboxylic acids is 3. The molecule has 24 heavy (non-hydrogen) atoms. The number of hydrogen-bond donors (Lipinski definition) is 1. The third kappa shape index (κ3) is 2.74. The van der Waals surface area contributed by atoms with E-state index in [2.05, 4.69) is 10.2 Å². The first-order valence-corrected chi connectivity index (χ1v) is 6.98. The van der Waals surface area contributed by atoms with Crippen molar-refractivity contribution in [1.29, 1.82) is 5.41 Å². The Labute approximate surface area is 136 Å². The zero-order chi connectivity index (χ0) is 17.3. The highest BCUT2D eigenvalue weighted by Gasteiger charge is 2.29. The van der Waals surface area contributed by atoms with E-state index in [4.69, 9.17) is 10.1 Å². The fraction of sp³-hybridized carbons (Fsp3) is 0.0588. The van der Waals surface area contributed by atoms with E-state index >= 15 is 0 Å². The number of amidine groups is 1. The van der Waals surface area contributed by atoms with Crippen molar-refractivity contribution in [3.05, 3.63) is 64.7 Å². The maximum atomic E-state index is 12.5. The Kier molecular flexibility index (Phi) is 3.83. The van der Waals surface area contributed by atoms with Gasteiger partial charge in [0.15, 0.2) is 11.6 Å². The molecule has 0 aromatic heterocycles. The third-order valence-corrected chi connectivity index (χ3v) is 3.38. The molecule has 0 saturated carbocycles. The number of carbonyl (C=O) groups is 3. The molecular formula is C17H11N3O4. The molecule has 2 aromatic rings. The minimum atomic E-state index is -1.02. The van der Waals surface area contributed by atoms with Gasteiger partial charge in [0.2, 0.25) is 0 Å². The standard InChI is InChI=1S/C17H11N3O4/c1-9(18)19-20-17(23)24-10-6-7-13-14(8-10)16(22)12-5-3-2-4-11(12)15(13)21/h2-8,18H,1H3. The van der Waals surface area contributed by atoms with Crippen LogP contribution in [0.4, 0.5) is 4.79 Å². The van der Waals surface area contributed by atoms with Crippen molar-refractivity contribution in [3.8, 4) is 5.75 Å². The van der Waals surface area contributed by atoms with E-state index in [1.807, 2.05) is 0 Å². The zero-order valence-corrected chi connectivity index (χ0v) is 12.6. The normalized spacial score (nSPS) is 12.7. The maximum absolute atomic E-state index is 12.5. The van der Waals surface area contributed by atoms with Crippen LogP contribution >= 0.6 is 0 Å². The molecule has 1 aliphatic rings. The van der Waals surface area contributed by atoms with E-state index < -0.39 is 6.09 Å². The van der Waals surface area contributed by atoms with Gasteiger partial charge < -0.3 is 4.74 Å². The van der Waals surface area contributed by atoms with Gasteiger partial charge in [0.1, 0.15) is 11.6 Å². The molecule has 0 fully saturated rings. The number of azo groups is 1. The highest BCUT2D eigenvalue weighted by atomic mass is 16.5. The Hall–Kier alpha value is -3.48. The van der Waals surface area contributed by atoms with Gasteiger partial charge in [-0.1, -0.05) is 29.4 Å². The minimum absolute atomic E-state index is 0.0702. The van der Waals surface area contributed by atoms with Crippen molar-refractivity contribution in [3.63, 3.8) is 0 Å². The van der Waals surface area contributed by atoms with Gasteiger partial charge in [-0.05, 0) is 25.1 Å². The Bertz CT molecular complexity index is 931. The van der Waals surface area contributed by atoms with Gasteiger partial charge in [0.05, 0.1) is 0 Å². The minimum Gasteiger partial charge on any atom is -0.408 e. The summed E-state index contributed by atoms with van der Waals surface area (Å²) in [4.78, 5) is 36.5. The quantitative estimate of drug-likeness (QED) is 0.420. The molecule has 7 nitrogen and oxygen atoms in total. The molecule has 3 rings (SSSR count). The predicted octanol–water partition coefficient (Wildman–Crippen LogP) is 3.41. The topological polar surface area (TPSA) is 109 Å². The monoisotopic (exact) mass is 321 g/mol. The third-order valence-electron chi connectivity index (χ3n) is 3.38. The average molecular weight is 321 g/mol. The van der Waals surface area contributed by atoms with Crippen LogP contribution < -0.4 is 4.74 Å². The van der Waals surface area contributed by atoms with Gasteiger partial charge in [-0.15, -0.1) is 5.11 Å². The lowest BCUT2D eigenvalue weighted by atomic mass is 9.84. The molecule has 0 bridgehead atoms. The van der Waals surface area contributed by atoms with Crippen molar-refractivity contribution in [2.24, 2.45) is 10.2 Å². The summed E-state index contributed by atoms with van der Waals surface area (Å²) in [6, 6.07) is 10.7. The Morgan fingerprint density at radius 1 is 0.917 bits per heavy atom. The van der Waals surface area contributed by atoms with Crippen molar-refractivity contribution in [2.45, 2.75) is 6.92 Å². The van der Waals surface area contributed by atoms with Gasteiger partial charge in [-0.25, -0.2) is 4.79 Å². The van der Waals surface area contributed by atoms with Crippen LogP contribution in [0.25, 0.3) is 0 Å². The van der Waals surface area contributed by atoms with E-state index in [9.17, 15) is 14.4 Å². The summed E-state index contributed by atoms with van der Waals surface area (Å²) in [5.41, 5.74) is 1.10. The molecule has 7 heteroatoms. The fourth-order valence-corrected chi connectivity index (χ4v) is 2.38. The van der Waals surface area contributed by atoms with Gasteiger partial charge in [-0.2, -0.15) is 0 Å². The zero-order valence-electron chi connectivity index (χ0n) is 12.6. The molecule has 0 spiro atoms. The second-order valence-corrected chi connectivity index (χ2v) is 5.06. The van der Waals surface area contributed by atoms with Crippen LogP contribution in [0, 0.1) is 5.41 Å². The summed E-state index contributed by atoms with van der Waals surface area (Å²) in [5, 5.41) is 13.5. The number of ketones is 2. The molecule has 118 valence electrons. The van der Waals surface area contributed by atoms with E-state index in [-0.39, 0.29) is 34.3 Å². The molecule has 1 N–H and O–H groups in total. The molecular weight excluding hydrogens is 310 g/mol. The van der Waals surface area contributed by atoms with Gasteiger partial charge >= 0.3 is 6.09 Å². The SMILES string of the molecule is CC(=N)N=NC(=O)Oc1ccc2c(c1)C(=O)c1ccccc1C2=O. The molecule has 1 aliphatic carbocycles. The van der Waals surface area contributed by atoms with Crippen molar-refractivity contribution < 1.29 is 19.1 Å². The van der Waals surface area contributed by atoms with Gasteiger partial charge in [-0.3, -0.25) is 15.0 Å².